The molecular formula is C20H22CuO4. The van der Waals surface area contributed by atoms with Gasteiger partial charge < -0.3 is 10.2 Å². The first-order chi connectivity index (χ1) is 11.3. The minimum Gasteiger partial charge on any atom is -0.870 e. The van der Waals surface area contributed by atoms with Crippen molar-refractivity contribution in [2.45, 2.75) is 39.5 Å². The van der Waals surface area contributed by atoms with Gasteiger partial charge in [0.1, 0.15) is 0 Å². The third-order valence-corrected chi connectivity index (χ3v) is 3.48. The van der Waals surface area contributed by atoms with E-state index in [0.29, 0.717) is 11.1 Å². The Morgan fingerprint density at radius 3 is 1.20 bits per heavy atom. The second-order valence-corrected chi connectivity index (χ2v) is 6.04. The minimum atomic E-state index is -0.427. The monoisotopic (exact) mass is 389 g/mol. The Bertz CT molecular complexity index is 733. The van der Waals surface area contributed by atoms with Crippen LogP contribution < -0.4 is 21.1 Å². The van der Waals surface area contributed by atoms with Crippen LogP contribution in [0.5, 0.6) is 11.5 Å². The normalized spacial score (nSPS) is 9.84. The van der Waals surface area contributed by atoms with Gasteiger partial charge in [-0.3, -0.25) is 9.59 Å². The Labute approximate surface area is 158 Å². The molecule has 0 atom stereocenters. The molecule has 0 fully saturated rings. The molecule has 0 saturated heterocycles. The van der Waals surface area contributed by atoms with Gasteiger partial charge in [-0.15, -0.1) is 0 Å². The van der Waals surface area contributed by atoms with Crippen LogP contribution in [0.3, 0.4) is 0 Å². The quantitative estimate of drug-likeness (QED) is 0.739. The van der Waals surface area contributed by atoms with Gasteiger partial charge in [-0.1, -0.05) is 75.6 Å². The minimum absolute atomic E-state index is 0. The SMILES string of the molecule is CC(C)c1ccccc(=O)c1[O-].CC(C)c1ccccc(=O)c1[O-].[Cu+2]. The Balaban J connectivity index is 0.000000443. The van der Waals surface area contributed by atoms with Gasteiger partial charge in [0.25, 0.3) is 0 Å². The smallest absolute Gasteiger partial charge is 0.870 e. The first-order valence-electron chi connectivity index (χ1n) is 7.86. The molecule has 2 aromatic rings. The van der Waals surface area contributed by atoms with Crippen molar-refractivity contribution in [3.8, 4) is 11.5 Å². The van der Waals surface area contributed by atoms with E-state index in [9.17, 15) is 19.8 Å². The van der Waals surface area contributed by atoms with Gasteiger partial charge >= 0.3 is 17.1 Å². The molecular weight excluding hydrogens is 368 g/mol. The van der Waals surface area contributed by atoms with Gasteiger partial charge in [0.2, 0.25) is 0 Å². The number of hydrogen-bond donors (Lipinski definition) is 0. The van der Waals surface area contributed by atoms with E-state index in [1.807, 2.05) is 27.7 Å². The average molecular weight is 390 g/mol. The molecule has 0 bridgehead atoms. The van der Waals surface area contributed by atoms with Gasteiger partial charge in [0.05, 0.1) is 0 Å². The van der Waals surface area contributed by atoms with Crippen LogP contribution in [-0.4, -0.2) is 0 Å². The molecule has 0 N–H and O–H groups in total. The molecule has 25 heavy (non-hydrogen) atoms. The van der Waals surface area contributed by atoms with E-state index in [1.165, 1.54) is 12.1 Å². The first-order valence-corrected chi connectivity index (χ1v) is 7.86. The molecule has 0 saturated carbocycles. The van der Waals surface area contributed by atoms with Crippen molar-refractivity contribution in [3.63, 3.8) is 0 Å². The van der Waals surface area contributed by atoms with Crippen molar-refractivity contribution in [2.75, 3.05) is 0 Å². The van der Waals surface area contributed by atoms with Gasteiger partial charge in [0, 0.05) is 0 Å². The summed E-state index contributed by atoms with van der Waals surface area (Å²) in [7, 11) is 0. The Morgan fingerprint density at radius 1 is 0.640 bits per heavy atom. The summed E-state index contributed by atoms with van der Waals surface area (Å²) in [5.41, 5.74) is 0.322. The van der Waals surface area contributed by atoms with Crippen molar-refractivity contribution in [1.82, 2.24) is 0 Å². The third-order valence-electron chi connectivity index (χ3n) is 3.48. The molecule has 0 aromatic heterocycles. The summed E-state index contributed by atoms with van der Waals surface area (Å²) in [5.74, 6) is -0.541. The van der Waals surface area contributed by atoms with Crippen molar-refractivity contribution >= 4 is 0 Å². The van der Waals surface area contributed by atoms with Crippen LogP contribution in [0.1, 0.15) is 50.7 Å². The van der Waals surface area contributed by atoms with Crippen LogP contribution in [0.15, 0.2) is 58.1 Å². The average Bonchev–Trinajstić information content (AvgIpc) is 2.78. The zero-order valence-corrected chi connectivity index (χ0v) is 15.6. The van der Waals surface area contributed by atoms with Crippen LogP contribution in [0.4, 0.5) is 0 Å². The van der Waals surface area contributed by atoms with Gasteiger partial charge in [-0.25, -0.2) is 0 Å². The number of rotatable bonds is 2. The second kappa shape index (κ2) is 10.7. The van der Waals surface area contributed by atoms with Gasteiger partial charge in [0.15, 0.2) is 10.9 Å². The Hall–Kier alpha value is -2.10. The van der Waals surface area contributed by atoms with Crippen molar-refractivity contribution < 1.29 is 27.3 Å². The Kier molecular flexibility index (Phi) is 9.80. The van der Waals surface area contributed by atoms with E-state index >= 15 is 0 Å². The van der Waals surface area contributed by atoms with Gasteiger partial charge in [-0.2, -0.15) is 0 Å². The summed E-state index contributed by atoms with van der Waals surface area (Å²) in [6.07, 6.45) is 0. The molecule has 0 aliphatic carbocycles. The van der Waals surface area contributed by atoms with E-state index in [2.05, 4.69) is 0 Å². The fourth-order valence-corrected chi connectivity index (χ4v) is 2.10. The standard InChI is InChI=1S/2C10H12O2.Cu/c2*1-7(2)8-5-3-4-6-9(11)10(8)12;/h2*3-7H,1-2H3,(H,11,12);/q;;+2/p-2. The van der Waals surface area contributed by atoms with Crippen molar-refractivity contribution in [3.05, 3.63) is 80.1 Å². The second-order valence-electron chi connectivity index (χ2n) is 6.04. The van der Waals surface area contributed by atoms with E-state index in [1.54, 1.807) is 36.4 Å². The Morgan fingerprint density at radius 2 is 0.920 bits per heavy atom. The summed E-state index contributed by atoms with van der Waals surface area (Å²) in [5, 5.41) is 22.6. The fraction of sp³-hybridized carbons (Fsp3) is 0.300. The largest absolute Gasteiger partial charge is 2.00 e. The first kappa shape index (κ1) is 22.9. The fourth-order valence-electron chi connectivity index (χ4n) is 2.10. The maximum absolute atomic E-state index is 11.3. The van der Waals surface area contributed by atoms with E-state index in [4.69, 9.17) is 0 Å². The van der Waals surface area contributed by atoms with Crippen LogP contribution in [0, 0.1) is 0 Å². The van der Waals surface area contributed by atoms with E-state index in [0.717, 1.165) is 0 Å². The zero-order chi connectivity index (χ0) is 18.3. The molecule has 137 valence electrons. The summed E-state index contributed by atoms with van der Waals surface area (Å²) in [6, 6.07) is 12.6. The molecule has 1 radical (unpaired) electrons. The van der Waals surface area contributed by atoms with Crippen LogP contribution in [0.2, 0.25) is 0 Å². The molecule has 4 nitrogen and oxygen atoms in total. The molecule has 0 amide bonds. The van der Waals surface area contributed by atoms with Crippen molar-refractivity contribution in [1.29, 1.82) is 0 Å². The molecule has 0 unspecified atom stereocenters. The zero-order valence-electron chi connectivity index (χ0n) is 14.7. The predicted octanol–water partition coefficient (Wildman–Crippen LogP) is 2.49. The molecule has 0 aliphatic heterocycles. The maximum Gasteiger partial charge on any atom is 2.00 e. The van der Waals surface area contributed by atoms with Crippen LogP contribution in [-0.2, 0) is 17.1 Å². The molecule has 0 heterocycles. The predicted molar refractivity (Wildman–Crippen MR) is 92.5 cm³/mol. The molecule has 2 rings (SSSR count). The van der Waals surface area contributed by atoms with Crippen LogP contribution in [0.25, 0.3) is 0 Å². The third kappa shape index (κ3) is 6.73. The summed E-state index contributed by atoms with van der Waals surface area (Å²) >= 11 is 0. The topological polar surface area (TPSA) is 80.3 Å². The summed E-state index contributed by atoms with van der Waals surface area (Å²) < 4.78 is 0. The molecule has 0 spiro atoms. The van der Waals surface area contributed by atoms with E-state index in [-0.39, 0.29) is 40.4 Å². The molecule has 2 aromatic carbocycles. The molecule has 0 aliphatic rings. The molecule has 5 heteroatoms. The summed E-state index contributed by atoms with van der Waals surface area (Å²) in [4.78, 5) is 22.1. The van der Waals surface area contributed by atoms with Crippen molar-refractivity contribution in [2.24, 2.45) is 0 Å². The van der Waals surface area contributed by atoms with Crippen LogP contribution >= 0.6 is 0 Å². The van der Waals surface area contributed by atoms with E-state index < -0.39 is 10.9 Å². The van der Waals surface area contributed by atoms with Gasteiger partial charge in [-0.05, 0) is 35.1 Å². The number of hydrogen-bond acceptors (Lipinski definition) is 4. The summed E-state index contributed by atoms with van der Waals surface area (Å²) in [6.45, 7) is 7.60. The maximum atomic E-state index is 11.3.